The van der Waals surface area contributed by atoms with Gasteiger partial charge in [0.05, 0.1) is 12.1 Å². The fourth-order valence-corrected chi connectivity index (χ4v) is 5.76. The second kappa shape index (κ2) is 10.7. The molecule has 5 rings (SSSR count). The number of alkyl halides is 2. The molecule has 2 heterocycles. The largest absolute Gasteiger partial charge is 0.361 e. The number of rotatable bonds is 7. The van der Waals surface area contributed by atoms with E-state index in [0.29, 0.717) is 6.54 Å². The van der Waals surface area contributed by atoms with Gasteiger partial charge >= 0.3 is 0 Å². The van der Waals surface area contributed by atoms with E-state index in [1.807, 2.05) is 4.90 Å². The molecule has 4 nitrogen and oxygen atoms in total. The highest BCUT2D eigenvalue weighted by Gasteiger charge is 2.31. The number of aromatic nitrogens is 2. The Morgan fingerprint density at radius 1 is 1.00 bits per heavy atom. The Morgan fingerprint density at radius 3 is 2.49 bits per heavy atom. The Bertz CT molecular complexity index is 1220. The third kappa shape index (κ3) is 5.46. The summed E-state index contributed by atoms with van der Waals surface area (Å²) in [5, 5.41) is 3.34. The van der Waals surface area contributed by atoms with Crippen LogP contribution in [0, 0.1) is 5.82 Å². The van der Waals surface area contributed by atoms with E-state index in [2.05, 4.69) is 40.4 Å². The van der Waals surface area contributed by atoms with E-state index in [0.717, 1.165) is 50.2 Å². The Labute approximate surface area is 217 Å². The van der Waals surface area contributed by atoms with Crippen molar-refractivity contribution in [2.24, 2.45) is 0 Å². The molecule has 2 unspecified atom stereocenters. The summed E-state index contributed by atoms with van der Waals surface area (Å²) in [5.41, 5.74) is 4.85. The van der Waals surface area contributed by atoms with Crippen LogP contribution >= 0.6 is 0 Å². The van der Waals surface area contributed by atoms with Crippen LogP contribution in [-0.4, -0.2) is 16.5 Å². The molecule has 37 heavy (non-hydrogen) atoms. The predicted molar refractivity (Wildman–Crippen MR) is 142 cm³/mol. The highest BCUT2D eigenvalue weighted by molar-refractivity contribution is 5.54. The zero-order valence-corrected chi connectivity index (χ0v) is 21.6. The molecule has 1 aliphatic heterocycles. The summed E-state index contributed by atoms with van der Waals surface area (Å²) in [6.07, 6.45) is 9.81. The van der Waals surface area contributed by atoms with Crippen LogP contribution in [0.15, 0.2) is 48.8 Å². The maximum absolute atomic E-state index is 15.8. The number of hydrogen-bond acceptors (Lipinski definition) is 4. The van der Waals surface area contributed by atoms with E-state index in [-0.39, 0.29) is 29.3 Å². The average Bonchev–Trinajstić information content (AvgIpc) is 3.25. The molecular weight excluding hydrogens is 473 g/mol. The molecule has 0 spiro atoms. The molecule has 0 radical (unpaired) electrons. The van der Waals surface area contributed by atoms with Crippen molar-refractivity contribution in [1.82, 2.24) is 9.97 Å². The van der Waals surface area contributed by atoms with Crippen molar-refractivity contribution in [3.05, 3.63) is 82.4 Å². The molecule has 2 atom stereocenters. The van der Waals surface area contributed by atoms with Crippen LogP contribution in [-0.2, 0) is 18.8 Å². The minimum atomic E-state index is -2.89. The fraction of sp³-hybridized carbons (Fsp3) is 0.467. The number of nitrogens with one attached hydrogen (secondary N) is 1. The van der Waals surface area contributed by atoms with Gasteiger partial charge in [-0.15, -0.1) is 0 Å². The molecule has 1 fully saturated rings. The second-order valence-corrected chi connectivity index (χ2v) is 10.4. The average molecular weight is 509 g/mol. The van der Waals surface area contributed by atoms with E-state index in [9.17, 15) is 8.78 Å². The molecule has 3 aromatic rings. The number of nitrogens with zero attached hydrogens (tertiary/aromatic N) is 3. The van der Waals surface area contributed by atoms with Crippen LogP contribution in [0.25, 0.3) is 0 Å². The van der Waals surface area contributed by atoms with Gasteiger partial charge < -0.3 is 10.2 Å². The molecule has 0 saturated carbocycles. The van der Waals surface area contributed by atoms with Crippen LogP contribution in [0.4, 0.5) is 24.8 Å². The van der Waals surface area contributed by atoms with E-state index in [1.165, 1.54) is 48.8 Å². The summed E-state index contributed by atoms with van der Waals surface area (Å²) in [6, 6.07) is 12.8. The van der Waals surface area contributed by atoms with Gasteiger partial charge in [-0.05, 0) is 67.2 Å². The van der Waals surface area contributed by atoms with Gasteiger partial charge in [0.2, 0.25) is 5.82 Å². The molecule has 1 aromatic heterocycles. The van der Waals surface area contributed by atoms with Gasteiger partial charge in [-0.3, -0.25) is 0 Å². The van der Waals surface area contributed by atoms with E-state index >= 15 is 4.39 Å². The van der Waals surface area contributed by atoms with Gasteiger partial charge in [0.25, 0.3) is 5.92 Å². The lowest BCUT2D eigenvalue weighted by molar-refractivity contribution is 0.0174. The van der Waals surface area contributed by atoms with Gasteiger partial charge in [0.1, 0.15) is 6.33 Å². The quantitative estimate of drug-likeness (QED) is 0.329. The second-order valence-electron chi connectivity index (χ2n) is 10.4. The molecule has 196 valence electrons. The monoisotopic (exact) mass is 508 g/mol. The third-order valence-electron chi connectivity index (χ3n) is 7.84. The van der Waals surface area contributed by atoms with E-state index < -0.39 is 11.7 Å². The molecule has 7 heteroatoms. The summed E-state index contributed by atoms with van der Waals surface area (Å²) >= 11 is 0. The zero-order chi connectivity index (χ0) is 26.0. The summed E-state index contributed by atoms with van der Waals surface area (Å²) in [4.78, 5) is 10.5. The van der Waals surface area contributed by atoms with Crippen LogP contribution in [0.2, 0.25) is 0 Å². The molecule has 2 aromatic carbocycles. The first-order valence-corrected chi connectivity index (χ1v) is 13.5. The molecule has 0 amide bonds. The van der Waals surface area contributed by atoms with Gasteiger partial charge in [-0.1, -0.05) is 55.8 Å². The SMILES string of the molecule is CCC(Nc1ncnc(N2CCCC2c2ccc(C(C)(F)F)cc2)c1F)c1ccc2c(c1)CCCCC2. The van der Waals surface area contributed by atoms with Crippen molar-refractivity contribution in [2.45, 2.75) is 83.2 Å². The first-order chi connectivity index (χ1) is 17.8. The third-order valence-corrected chi connectivity index (χ3v) is 7.84. The summed E-state index contributed by atoms with van der Waals surface area (Å²) < 4.78 is 43.2. The Morgan fingerprint density at radius 2 is 1.76 bits per heavy atom. The molecule has 1 N–H and O–H groups in total. The number of anilines is 2. The zero-order valence-electron chi connectivity index (χ0n) is 21.6. The number of aryl methyl sites for hydroxylation is 2. The maximum atomic E-state index is 15.8. The lowest BCUT2D eigenvalue weighted by Gasteiger charge is -2.28. The lowest BCUT2D eigenvalue weighted by Crippen LogP contribution is -2.25. The molecule has 1 aliphatic carbocycles. The first kappa shape index (κ1) is 25.6. The first-order valence-electron chi connectivity index (χ1n) is 13.5. The van der Waals surface area contributed by atoms with Gasteiger partial charge in [0.15, 0.2) is 11.6 Å². The van der Waals surface area contributed by atoms with E-state index in [1.54, 1.807) is 12.1 Å². The van der Waals surface area contributed by atoms with Crippen molar-refractivity contribution >= 4 is 11.6 Å². The van der Waals surface area contributed by atoms with Crippen molar-refractivity contribution < 1.29 is 13.2 Å². The Balaban J connectivity index is 1.38. The highest BCUT2D eigenvalue weighted by Crippen LogP contribution is 2.39. The fourth-order valence-electron chi connectivity index (χ4n) is 5.76. The maximum Gasteiger partial charge on any atom is 0.270 e. The van der Waals surface area contributed by atoms with Crippen molar-refractivity contribution in [3.8, 4) is 0 Å². The van der Waals surface area contributed by atoms with Crippen LogP contribution < -0.4 is 10.2 Å². The normalized spacial score (nSPS) is 18.8. The summed E-state index contributed by atoms with van der Waals surface area (Å²) in [7, 11) is 0. The van der Waals surface area contributed by atoms with E-state index in [4.69, 9.17) is 0 Å². The molecule has 1 saturated heterocycles. The topological polar surface area (TPSA) is 41.1 Å². The van der Waals surface area contributed by atoms with Gasteiger partial charge in [0, 0.05) is 19.0 Å². The number of hydrogen-bond donors (Lipinski definition) is 1. The van der Waals surface area contributed by atoms with Crippen LogP contribution in [0.3, 0.4) is 0 Å². The minimum absolute atomic E-state index is 0.0242. The number of fused-ring (bicyclic) bond motifs is 1. The van der Waals surface area contributed by atoms with Crippen molar-refractivity contribution in [2.75, 3.05) is 16.8 Å². The van der Waals surface area contributed by atoms with Crippen molar-refractivity contribution in [1.29, 1.82) is 0 Å². The Kier molecular flexibility index (Phi) is 7.40. The smallest absolute Gasteiger partial charge is 0.270 e. The molecular formula is C30H35F3N4. The minimum Gasteiger partial charge on any atom is -0.361 e. The van der Waals surface area contributed by atoms with Crippen LogP contribution in [0.5, 0.6) is 0 Å². The number of halogens is 3. The molecule has 0 bridgehead atoms. The summed E-state index contributed by atoms with van der Waals surface area (Å²) in [6.45, 7) is 3.62. The van der Waals surface area contributed by atoms with Gasteiger partial charge in [-0.25, -0.2) is 18.7 Å². The van der Waals surface area contributed by atoms with Crippen LogP contribution in [0.1, 0.15) is 92.3 Å². The highest BCUT2D eigenvalue weighted by atomic mass is 19.3. The predicted octanol–water partition coefficient (Wildman–Crippen LogP) is 7.90. The van der Waals surface area contributed by atoms with Crippen molar-refractivity contribution in [3.63, 3.8) is 0 Å². The number of benzene rings is 2. The molecule has 2 aliphatic rings. The van der Waals surface area contributed by atoms with Gasteiger partial charge in [-0.2, -0.15) is 4.39 Å². The standard InChI is InChI=1S/C30H35F3N4/c1-3-25(23-12-11-20-8-5-4-6-9-22(20)18-23)36-28-27(31)29(35-19-34-28)37-17-7-10-26(37)21-13-15-24(16-14-21)30(2,32)33/h11-16,18-19,25-26H,3-10,17H2,1-2H3,(H,34,35,36). The Hall–Kier alpha value is -3.09. The lowest BCUT2D eigenvalue weighted by atomic mass is 9.95. The summed E-state index contributed by atoms with van der Waals surface area (Å²) in [5.74, 6) is -2.92.